The molecule has 0 aromatic heterocycles. The largest absolute Gasteiger partial charge is 0.463 e. The van der Waals surface area contributed by atoms with Gasteiger partial charge in [-0.2, -0.15) is 0 Å². The second kappa shape index (κ2) is 22.6. The third kappa shape index (κ3) is 16.0. The Hall–Kier alpha value is -5.96. The van der Waals surface area contributed by atoms with Gasteiger partial charge in [0.15, 0.2) is 36.8 Å². The van der Waals surface area contributed by atoms with Gasteiger partial charge in [0, 0.05) is 67.5 Å². The van der Waals surface area contributed by atoms with E-state index in [0.29, 0.717) is 17.4 Å². The van der Waals surface area contributed by atoms with E-state index in [1.54, 1.807) is 0 Å². The average molecular weight is 812 g/mol. The Balaban J connectivity index is 2.87. The van der Waals surface area contributed by atoms with Crippen LogP contribution in [0.5, 0.6) is 0 Å². The van der Waals surface area contributed by atoms with Crippen LogP contribution in [0.15, 0.2) is 24.3 Å². The van der Waals surface area contributed by atoms with Gasteiger partial charge in [-0.1, -0.05) is 24.3 Å². The van der Waals surface area contributed by atoms with Crippen molar-refractivity contribution in [3.8, 4) is 0 Å². The second-order valence-corrected chi connectivity index (χ2v) is 12.3. The fourth-order valence-corrected chi connectivity index (χ4v) is 5.38. The molecule has 314 valence electrons. The molecule has 2 rings (SSSR count). The molecule has 1 aromatic rings. The van der Waals surface area contributed by atoms with Gasteiger partial charge in [-0.3, -0.25) is 47.9 Å². The molecule has 0 aliphatic carbocycles. The molecule has 1 aliphatic heterocycles. The maximum absolute atomic E-state index is 13.9. The standard InChI is InChI=1S/C36H45NO20/c1-17(39)48-15-27(50-19(3)41)30(31(52-21(5)43)33(54-23(7)45)35(47)37-13-25-9-11-26(14-38)12-10-25)57-36-34(55-24(8)46)32(53-22(6)44)29(51-20(4)42)28(56-36)16-49-18(2)40/h9-12,14,27-34,36H,13,15-16H2,1-8H3,(H,37,47)/t27-,28-,29+,30-,31+,32+,33-,34-,36+/m1/s1. The summed E-state index contributed by atoms with van der Waals surface area (Å²) in [5, 5.41) is 2.51. The van der Waals surface area contributed by atoms with Crippen LogP contribution < -0.4 is 5.32 Å². The maximum atomic E-state index is 13.9. The summed E-state index contributed by atoms with van der Waals surface area (Å²) >= 11 is 0. The normalized spacial score (nSPS) is 20.7. The third-order valence-electron chi connectivity index (χ3n) is 7.43. The van der Waals surface area contributed by atoms with Crippen LogP contribution in [0.25, 0.3) is 0 Å². The summed E-state index contributed by atoms with van der Waals surface area (Å²) in [5.41, 5.74) is 0.807. The van der Waals surface area contributed by atoms with Crippen LogP contribution in [0.4, 0.5) is 0 Å². The molecule has 1 aromatic carbocycles. The minimum Gasteiger partial charge on any atom is -0.463 e. The predicted molar refractivity (Wildman–Crippen MR) is 184 cm³/mol. The van der Waals surface area contributed by atoms with Crippen molar-refractivity contribution in [2.45, 2.75) is 117 Å². The highest BCUT2D eigenvalue weighted by Gasteiger charge is 2.56. The second-order valence-electron chi connectivity index (χ2n) is 12.3. The Morgan fingerprint density at radius 2 is 1.16 bits per heavy atom. The van der Waals surface area contributed by atoms with Crippen LogP contribution in [0.2, 0.25) is 0 Å². The Labute approximate surface area is 326 Å². The van der Waals surface area contributed by atoms with Crippen molar-refractivity contribution >= 4 is 59.9 Å². The molecule has 57 heavy (non-hydrogen) atoms. The van der Waals surface area contributed by atoms with Crippen LogP contribution >= 0.6 is 0 Å². The number of aldehydes is 1. The summed E-state index contributed by atoms with van der Waals surface area (Å²) in [4.78, 5) is 124. The number of ether oxygens (including phenoxy) is 10. The molecule has 1 fully saturated rings. The first-order valence-electron chi connectivity index (χ1n) is 17.1. The Morgan fingerprint density at radius 1 is 0.632 bits per heavy atom. The van der Waals surface area contributed by atoms with Gasteiger partial charge in [-0.05, 0) is 5.56 Å². The molecule has 9 atom stereocenters. The summed E-state index contributed by atoms with van der Waals surface area (Å²) in [6.07, 6.45) is -16.5. The van der Waals surface area contributed by atoms with Gasteiger partial charge in [0.1, 0.15) is 31.7 Å². The molecule has 0 radical (unpaired) electrons. The number of benzene rings is 1. The fraction of sp³-hybridized carbons (Fsp3) is 0.556. The van der Waals surface area contributed by atoms with Crippen LogP contribution in [-0.2, 0) is 97.1 Å². The summed E-state index contributed by atoms with van der Waals surface area (Å²) in [7, 11) is 0. The summed E-state index contributed by atoms with van der Waals surface area (Å²) in [5.74, 6) is -9.03. The average Bonchev–Trinajstić information content (AvgIpc) is 3.10. The van der Waals surface area contributed by atoms with E-state index in [1.165, 1.54) is 24.3 Å². The lowest BCUT2D eigenvalue weighted by atomic mass is 9.97. The lowest BCUT2D eigenvalue weighted by Crippen LogP contribution is -2.65. The number of esters is 8. The molecule has 21 heteroatoms. The zero-order valence-electron chi connectivity index (χ0n) is 32.4. The quantitative estimate of drug-likeness (QED) is 0.109. The molecule has 21 nitrogen and oxygen atoms in total. The van der Waals surface area contributed by atoms with Gasteiger partial charge in [-0.15, -0.1) is 0 Å². The van der Waals surface area contributed by atoms with Gasteiger partial charge in [0.05, 0.1) is 0 Å². The van der Waals surface area contributed by atoms with Crippen LogP contribution in [0.1, 0.15) is 71.3 Å². The topological polar surface area (TPSA) is 275 Å². The summed E-state index contributed by atoms with van der Waals surface area (Å²) in [6.45, 7) is 5.94. The van der Waals surface area contributed by atoms with Gasteiger partial charge in [-0.25, -0.2) is 0 Å². The van der Waals surface area contributed by atoms with Crippen molar-refractivity contribution in [2.24, 2.45) is 0 Å². The van der Waals surface area contributed by atoms with E-state index in [-0.39, 0.29) is 6.54 Å². The van der Waals surface area contributed by atoms with E-state index >= 15 is 0 Å². The number of hydrogen-bond acceptors (Lipinski definition) is 20. The number of carbonyl (C=O) groups is 10. The number of carbonyl (C=O) groups excluding carboxylic acids is 10. The smallest absolute Gasteiger partial charge is 0.303 e. The summed E-state index contributed by atoms with van der Waals surface area (Å²) in [6, 6.07) is 5.97. The minimum atomic E-state index is -2.15. The van der Waals surface area contributed by atoms with Gasteiger partial charge in [0.25, 0.3) is 5.91 Å². The minimum absolute atomic E-state index is 0.228. The van der Waals surface area contributed by atoms with E-state index in [9.17, 15) is 47.9 Å². The lowest BCUT2D eigenvalue weighted by molar-refractivity contribution is -0.331. The highest BCUT2D eigenvalue weighted by atomic mass is 16.8. The van der Waals surface area contributed by atoms with Crippen LogP contribution in [0, 0.1) is 0 Å². The zero-order valence-corrected chi connectivity index (χ0v) is 32.4. The van der Waals surface area contributed by atoms with Crippen LogP contribution in [-0.4, -0.2) is 128 Å². The van der Waals surface area contributed by atoms with Crippen molar-refractivity contribution in [3.05, 3.63) is 35.4 Å². The highest BCUT2D eigenvalue weighted by Crippen LogP contribution is 2.33. The Kier molecular flexibility index (Phi) is 18.7. The summed E-state index contributed by atoms with van der Waals surface area (Å²) < 4.78 is 55.0. The van der Waals surface area contributed by atoms with E-state index < -0.39 is 122 Å². The van der Waals surface area contributed by atoms with Crippen molar-refractivity contribution in [1.82, 2.24) is 5.32 Å². The van der Waals surface area contributed by atoms with E-state index in [1.807, 2.05) is 0 Å². The van der Waals surface area contributed by atoms with Crippen LogP contribution in [0.3, 0.4) is 0 Å². The first kappa shape index (κ1) is 47.2. The molecule has 1 amide bonds. The molecular formula is C36H45NO20. The van der Waals surface area contributed by atoms with Crippen molar-refractivity contribution < 1.29 is 95.3 Å². The number of rotatable bonds is 19. The molecular weight excluding hydrogens is 766 g/mol. The third-order valence-corrected chi connectivity index (χ3v) is 7.43. The first-order chi connectivity index (χ1) is 26.7. The highest BCUT2D eigenvalue weighted by molar-refractivity contribution is 5.84. The Bertz CT molecular complexity index is 1640. The zero-order chi connectivity index (χ0) is 43.0. The van der Waals surface area contributed by atoms with Crippen molar-refractivity contribution in [1.29, 1.82) is 0 Å². The van der Waals surface area contributed by atoms with Gasteiger partial charge < -0.3 is 52.7 Å². The predicted octanol–water partition coefficient (Wildman–Crippen LogP) is -0.0582. The molecule has 1 heterocycles. The monoisotopic (exact) mass is 811 g/mol. The van der Waals surface area contributed by atoms with Gasteiger partial charge >= 0.3 is 47.8 Å². The molecule has 1 saturated heterocycles. The van der Waals surface area contributed by atoms with E-state index in [0.717, 1.165) is 55.4 Å². The van der Waals surface area contributed by atoms with Gasteiger partial charge in [0.2, 0.25) is 6.10 Å². The lowest BCUT2D eigenvalue weighted by Gasteiger charge is -2.46. The SMILES string of the molecule is CC(=O)OC[C@H]1O[C@@H](O[C@@H]([C@H](OC(C)=O)[C@@H](OC(C)=O)C(=O)NCc2ccc(C=O)cc2)[C@@H](COC(C)=O)OC(C)=O)[C@H](OC(C)=O)[C@@H](OC(C)=O)[C@H]1OC(C)=O. The molecule has 0 spiro atoms. The van der Waals surface area contributed by atoms with Crippen molar-refractivity contribution in [2.75, 3.05) is 13.2 Å². The number of nitrogens with one attached hydrogen (secondary N) is 1. The molecule has 0 unspecified atom stereocenters. The Morgan fingerprint density at radius 3 is 1.65 bits per heavy atom. The first-order valence-corrected chi connectivity index (χ1v) is 17.1. The molecule has 1 aliphatic rings. The van der Waals surface area contributed by atoms with E-state index in [4.69, 9.17) is 47.4 Å². The number of hydrogen-bond donors (Lipinski definition) is 1. The molecule has 1 N–H and O–H groups in total. The van der Waals surface area contributed by atoms with E-state index in [2.05, 4.69) is 5.32 Å². The fourth-order valence-electron chi connectivity index (χ4n) is 5.38. The number of amides is 1. The maximum Gasteiger partial charge on any atom is 0.303 e. The molecule has 0 saturated carbocycles. The molecule has 0 bridgehead atoms. The van der Waals surface area contributed by atoms with Crippen molar-refractivity contribution in [3.63, 3.8) is 0 Å².